The standard InChI is InChI=1S/C15H11Cl3O2S/c16-10-1-3-13(4-2-10)21-14(15(19)20)7-9-5-11(17)8-12(18)6-9/h1-6,8,14H,7H2,(H,19,20)/t14-/m1/s1. The van der Waals surface area contributed by atoms with Gasteiger partial charge in [0, 0.05) is 20.0 Å². The van der Waals surface area contributed by atoms with E-state index < -0.39 is 11.2 Å². The highest BCUT2D eigenvalue weighted by atomic mass is 35.5. The van der Waals surface area contributed by atoms with Gasteiger partial charge in [-0.1, -0.05) is 34.8 Å². The van der Waals surface area contributed by atoms with E-state index in [1.165, 1.54) is 11.8 Å². The van der Waals surface area contributed by atoms with Crippen molar-refractivity contribution in [2.75, 3.05) is 0 Å². The van der Waals surface area contributed by atoms with E-state index in [2.05, 4.69) is 0 Å². The number of carboxylic acid groups (broad SMARTS) is 1. The van der Waals surface area contributed by atoms with Crippen LogP contribution >= 0.6 is 46.6 Å². The Bertz CT molecular complexity index is 624. The van der Waals surface area contributed by atoms with E-state index in [4.69, 9.17) is 34.8 Å². The number of benzene rings is 2. The highest BCUT2D eigenvalue weighted by molar-refractivity contribution is 8.00. The molecular formula is C15H11Cl3O2S. The summed E-state index contributed by atoms with van der Waals surface area (Å²) in [5.74, 6) is -0.883. The Labute approximate surface area is 142 Å². The van der Waals surface area contributed by atoms with Crippen LogP contribution in [0.15, 0.2) is 47.4 Å². The van der Waals surface area contributed by atoms with Gasteiger partial charge in [-0.2, -0.15) is 0 Å². The largest absolute Gasteiger partial charge is 0.480 e. The quantitative estimate of drug-likeness (QED) is 0.721. The van der Waals surface area contributed by atoms with Gasteiger partial charge in [0.15, 0.2) is 0 Å². The zero-order valence-electron chi connectivity index (χ0n) is 10.7. The van der Waals surface area contributed by atoms with Crippen molar-refractivity contribution in [2.45, 2.75) is 16.6 Å². The van der Waals surface area contributed by atoms with E-state index in [0.717, 1.165) is 10.5 Å². The van der Waals surface area contributed by atoms with Gasteiger partial charge in [-0.25, -0.2) is 0 Å². The molecule has 110 valence electrons. The van der Waals surface area contributed by atoms with E-state index >= 15 is 0 Å². The second-order valence-electron chi connectivity index (χ2n) is 4.38. The van der Waals surface area contributed by atoms with Gasteiger partial charge in [-0.05, 0) is 54.4 Å². The number of rotatable bonds is 5. The number of thioether (sulfide) groups is 1. The van der Waals surface area contributed by atoms with Crippen molar-refractivity contribution in [2.24, 2.45) is 0 Å². The molecule has 0 saturated carbocycles. The Balaban J connectivity index is 2.15. The summed E-state index contributed by atoms with van der Waals surface area (Å²) in [7, 11) is 0. The molecule has 6 heteroatoms. The predicted octanol–water partition coefficient (Wildman–Crippen LogP) is 5.43. The maximum absolute atomic E-state index is 11.4. The lowest BCUT2D eigenvalue weighted by Gasteiger charge is -2.13. The molecular weight excluding hydrogens is 351 g/mol. The molecule has 1 atom stereocenters. The minimum atomic E-state index is -0.883. The topological polar surface area (TPSA) is 37.3 Å². The third-order valence-electron chi connectivity index (χ3n) is 2.71. The highest BCUT2D eigenvalue weighted by Crippen LogP contribution is 2.29. The van der Waals surface area contributed by atoms with Gasteiger partial charge in [0.25, 0.3) is 0 Å². The van der Waals surface area contributed by atoms with Gasteiger partial charge in [-0.15, -0.1) is 11.8 Å². The predicted molar refractivity (Wildman–Crippen MR) is 88.9 cm³/mol. The van der Waals surface area contributed by atoms with Crippen LogP contribution < -0.4 is 0 Å². The van der Waals surface area contributed by atoms with Crippen molar-refractivity contribution >= 4 is 52.5 Å². The van der Waals surface area contributed by atoms with E-state index in [1.807, 2.05) is 0 Å². The Morgan fingerprint density at radius 1 is 1.00 bits per heavy atom. The molecule has 0 spiro atoms. The highest BCUT2D eigenvalue weighted by Gasteiger charge is 2.20. The van der Waals surface area contributed by atoms with Crippen LogP contribution in [0.4, 0.5) is 0 Å². The van der Waals surface area contributed by atoms with E-state index in [0.29, 0.717) is 21.5 Å². The first-order valence-corrected chi connectivity index (χ1v) is 8.05. The first kappa shape index (κ1) is 16.5. The van der Waals surface area contributed by atoms with Crippen LogP contribution in [0.2, 0.25) is 15.1 Å². The molecule has 2 rings (SSSR count). The van der Waals surface area contributed by atoms with Crippen LogP contribution in [0.5, 0.6) is 0 Å². The first-order chi connectivity index (χ1) is 9.94. The summed E-state index contributed by atoms with van der Waals surface area (Å²) in [6, 6.07) is 12.1. The summed E-state index contributed by atoms with van der Waals surface area (Å²) in [4.78, 5) is 12.3. The molecule has 0 aliphatic heterocycles. The van der Waals surface area contributed by atoms with Crippen molar-refractivity contribution < 1.29 is 9.90 Å². The minimum absolute atomic E-state index is 0.336. The van der Waals surface area contributed by atoms with E-state index in [1.54, 1.807) is 42.5 Å². The second-order valence-corrected chi connectivity index (χ2v) is 6.97. The molecule has 2 aromatic rings. The molecule has 0 unspecified atom stereocenters. The molecule has 0 saturated heterocycles. The molecule has 2 nitrogen and oxygen atoms in total. The Morgan fingerprint density at radius 3 is 2.10 bits per heavy atom. The van der Waals surface area contributed by atoms with Crippen LogP contribution in [0, 0.1) is 0 Å². The minimum Gasteiger partial charge on any atom is -0.480 e. The summed E-state index contributed by atoms with van der Waals surface area (Å²) in [5, 5.41) is 10.4. The third kappa shape index (κ3) is 5.11. The lowest BCUT2D eigenvalue weighted by atomic mass is 10.1. The summed E-state index contributed by atoms with van der Waals surface area (Å²) in [6.45, 7) is 0. The molecule has 0 fully saturated rings. The molecule has 2 aromatic carbocycles. The lowest BCUT2D eigenvalue weighted by molar-refractivity contribution is -0.136. The van der Waals surface area contributed by atoms with Gasteiger partial charge in [0.2, 0.25) is 0 Å². The summed E-state index contributed by atoms with van der Waals surface area (Å²) in [6.07, 6.45) is 0.336. The zero-order chi connectivity index (χ0) is 15.4. The second kappa shape index (κ2) is 7.41. The Morgan fingerprint density at radius 2 is 1.57 bits per heavy atom. The summed E-state index contributed by atoms with van der Waals surface area (Å²) < 4.78 is 0. The maximum Gasteiger partial charge on any atom is 0.317 e. The van der Waals surface area contributed by atoms with Crippen LogP contribution in [-0.4, -0.2) is 16.3 Å². The van der Waals surface area contributed by atoms with Crippen LogP contribution in [0.1, 0.15) is 5.56 Å². The fraction of sp³-hybridized carbons (Fsp3) is 0.133. The van der Waals surface area contributed by atoms with Crippen LogP contribution in [0.25, 0.3) is 0 Å². The molecule has 0 radical (unpaired) electrons. The Kier molecular flexibility index (Phi) is 5.82. The third-order valence-corrected chi connectivity index (χ3v) is 4.60. The van der Waals surface area contributed by atoms with Gasteiger partial charge in [-0.3, -0.25) is 4.79 Å². The van der Waals surface area contributed by atoms with E-state index in [9.17, 15) is 9.90 Å². The lowest BCUT2D eigenvalue weighted by Crippen LogP contribution is -2.19. The van der Waals surface area contributed by atoms with Gasteiger partial charge in [0.1, 0.15) is 5.25 Å². The molecule has 0 amide bonds. The molecule has 1 N–H and O–H groups in total. The zero-order valence-corrected chi connectivity index (χ0v) is 13.8. The average molecular weight is 362 g/mol. The summed E-state index contributed by atoms with van der Waals surface area (Å²) >= 11 is 19.0. The molecule has 0 aliphatic rings. The van der Waals surface area contributed by atoms with Crippen molar-refractivity contribution in [1.29, 1.82) is 0 Å². The van der Waals surface area contributed by atoms with Gasteiger partial charge in [0.05, 0.1) is 0 Å². The van der Waals surface area contributed by atoms with Crippen molar-refractivity contribution in [3.63, 3.8) is 0 Å². The van der Waals surface area contributed by atoms with Crippen molar-refractivity contribution in [3.05, 3.63) is 63.1 Å². The van der Waals surface area contributed by atoms with Crippen LogP contribution in [0.3, 0.4) is 0 Å². The normalized spacial score (nSPS) is 12.1. The fourth-order valence-corrected chi connectivity index (χ4v) is 3.50. The number of aliphatic carboxylic acids is 1. The van der Waals surface area contributed by atoms with Gasteiger partial charge >= 0.3 is 5.97 Å². The monoisotopic (exact) mass is 360 g/mol. The van der Waals surface area contributed by atoms with E-state index in [-0.39, 0.29) is 0 Å². The smallest absolute Gasteiger partial charge is 0.317 e. The SMILES string of the molecule is O=C(O)[C@@H](Cc1cc(Cl)cc(Cl)c1)Sc1ccc(Cl)cc1. The van der Waals surface area contributed by atoms with Crippen molar-refractivity contribution in [1.82, 2.24) is 0 Å². The first-order valence-electron chi connectivity index (χ1n) is 6.04. The molecule has 0 aliphatic carbocycles. The van der Waals surface area contributed by atoms with Gasteiger partial charge < -0.3 is 5.11 Å². The Hall–Kier alpha value is -0.870. The fourth-order valence-electron chi connectivity index (χ4n) is 1.80. The molecule has 0 bridgehead atoms. The maximum atomic E-state index is 11.4. The number of hydrogen-bond acceptors (Lipinski definition) is 2. The number of halogens is 3. The number of carboxylic acids is 1. The summed E-state index contributed by atoms with van der Waals surface area (Å²) in [5.41, 5.74) is 0.793. The molecule has 0 heterocycles. The number of hydrogen-bond donors (Lipinski definition) is 1. The van der Waals surface area contributed by atoms with Crippen molar-refractivity contribution in [3.8, 4) is 0 Å². The average Bonchev–Trinajstić information content (AvgIpc) is 2.39. The van der Waals surface area contributed by atoms with Crippen LogP contribution in [-0.2, 0) is 11.2 Å². The molecule has 0 aromatic heterocycles. The number of carbonyl (C=O) groups is 1. The molecule has 21 heavy (non-hydrogen) atoms.